The monoisotopic (exact) mass is 442 g/mol. The minimum Gasteiger partial charge on any atom is -0.306 e. The van der Waals surface area contributed by atoms with Gasteiger partial charge in [0, 0.05) is 6.54 Å². The van der Waals surface area contributed by atoms with Crippen LogP contribution in [0.3, 0.4) is 0 Å². The third kappa shape index (κ3) is 6.13. The van der Waals surface area contributed by atoms with Crippen molar-refractivity contribution in [3.8, 4) is 6.07 Å². The quantitative estimate of drug-likeness (QED) is 0.418. The smallest absolute Gasteiger partial charge is 0.306 e. The van der Waals surface area contributed by atoms with Gasteiger partial charge in [-0.05, 0) is 74.9 Å². The van der Waals surface area contributed by atoms with Gasteiger partial charge in [-0.15, -0.1) is 0 Å². The van der Waals surface area contributed by atoms with Crippen LogP contribution in [0.4, 0.5) is 13.2 Å². The van der Waals surface area contributed by atoms with E-state index < -0.39 is 17.2 Å². The molecule has 0 aliphatic heterocycles. The van der Waals surface area contributed by atoms with Crippen molar-refractivity contribution in [1.82, 2.24) is 4.90 Å². The van der Waals surface area contributed by atoms with E-state index in [1.54, 1.807) is 12.1 Å². The van der Waals surface area contributed by atoms with Crippen LogP contribution >= 0.6 is 0 Å². The number of likely N-dealkylation sites (N-methyl/N-ethyl adjacent to an activating group) is 1. The van der Waals surface area contributed by atoms with Gasteiger partial charge in [0.2, 0.25) is 0 Å². The van der Waals surface area contributed by atoms with Gasteiger partial charge in [-0.2, -0.15) is 18.4 Å². The molecule has 0 aromatic heterocycles. The van der Waals surface area contributed by atoms with E-state index in [1.807, 2.05) is 18.2 Å². The summed E-state index contributed by atoms with van der Waals surface area (Å²) in [7, 11) is 2.09. The Bertz CT molecular complexity index is 865. The minimum atomic E-state index is -4.36. The fourth-order valence-corrected chi connectivity index (χ4v) is 5.05. The van der Waals surface area contributed by atoms with Crippen molar-refractivity contribution in [1.29, 1.82) is 5.26 Å². The Morgan fingerprint density at radius 2 is 1.53 bits per heavy atom. The lowest BCUT2D eigenvalue weighted by molar-refractivity contribution is -0.137. The van der Waals surface area contributed by atoms with Crippen molar-refractivity contribution in [3.63, 3.8) is 0 Å². The second-order valence-electron chi connectivity index (χ2n) is 9.14. The van der Waals surface area contributed by atoms with Crippen LogP contribution in [-0.4, -0.2) is 25.0 Å². The van der Waals surface area contributed by atoms with Crippen LogP contribution in [0.2, 0.25) is 0 Å². The Balaban J connectivity index is 1.69. The summed E-state index contributed by atoms with van der Waals surface area (Å²) in [5, 5.41) is 10.3. The van der Waals surface area contributed by atoms with Crippen LogP contribution in [0, 0.1) is 17.2 Å². The highest BCUT2D eigenvalue weighted by atomic mass is 19.4. The van der Waals surface area contributed by atoms with E-state index >= 15 is 0 Å². The van der Waals surface area contributed by atoms with Gasteiger partial charge in [-0.3, -0.25) is 0 Å². The minimum absolute atomic E-state index is 0.201. The maximum Gasteiger partial charge on any atom is 0.416 e. The zero-order valence-electron chi connectivity index (χ0n) is 18.9. The normalized spacial score (nSPS) is 17.1. The van der Waals surface area contributed by atoms with Crippen molar-refractivity contribution >= 4 is 0 Å². The van der Waals surface area contributed by atoms with Gasteiger partial charge < -0.3 is 4.90 Å². The molecule has 0 heterocycles. The molecular weight excluding hydrogens is 409 g/mol. The van der Waals surface area contributed by atoms with Gasteiger partial charge >= 0.3 is 6.18 Å². The van der Waals surface area contributed by atoms with Gasteiger partial charge in [0.1, 0.15) is 0 Å². The van der Waals surface area contributed by atoms with Crippen molar-refractivity contribution in [2.24, 2.45) is 5.92 Å². The summed E-state index contributed by atoms with van der Waals surface area (Å²) in [6, 6.07) is 18.3. The van der Waals surface area contributed by atoms with Crippen LogP contribution in [0.5, 0.6) is 0 Å². The van der Waals surface area contributed by atoms with Crippen LogP contribution in [-0.2, 0) is 18.0 Å². The Morgan fingerprint density at radius 3 is 2.12 bits per heavy atom. The SMILES string of the molecule is CN(CCCC(C#N)(c1ccc(C(F)(F)F)cc1)C1CCCCC1)CCc1ccccc1. The average molecular weight is 443 g/mol. The lowest BCUT2D eigenvalue weighted by Crippen LogP contribution is -2.36. The van der Waals surface area contributed by atoms with Crippen molar-refractivity contribution in [3.05, 3.63) is 71.3 Å². The van der Waals surface area contributed by atoms with Gasteiger partial charge in [-0.25, -0.2) is 0 Å². The zero-order valence-corrected chi connectivity index (χ0v) is 18.9. The molecule has 2 nitrogen and oxygen atoms in total. The summed E-state index contributed by atoms with van der Waals surface area (Å²) in [4.78, 5) is 2.28. The first kappa shape index (κ1) is 24.3. The van der Waals surface area contributed by atoms with E-state index in [0.29, 0.717) is 6.42 Å². The second kappa shape index (κ2) is 11.0. The van der Waals surface area contributed by atoms with Gasteiger partial charge in [0.15, 0.2) is 0 Å². The molecule has 1 unspecified atom stereocenters. The first-order chi connectivity index (χ1) is 15.3. The van der Waals surface area contributed by atoms with E-state index in [1.165, 1.54) is 12.0 Å². The lowest BCUT2D eigenvalue weighted by atomic mass is 9.63. The molecule has 0 bridgehead atoms. The number of hydrogen-bond donors (Lipinski definition) is 0. The lowest BCUT2D eigenvalue weighted by Gasteiger charge is -2.38. The fraction of sp³-hybridized carbons (Fsp3) is 0.519. The van der Waals surface area contributed by atoms with E-state index in [4.69, 9.17) is 0 Å². The van der Waals surface area contributed by atoms with Crippen LogP contribution in [0.25, 0.3) is 0 Å². The Labute approximate surface area is 190 Å². The highest BCUT2D eigenvalue weighted by Gasteiger charge is 2.41. The van der Waals surface area contributed by atoms with Gasteiger partial charge in [-0.1, -0.05) is 61.7 Å². The average Bonchev–Trinajstić information content (AvgIpc) is 2.81. The molecular formula is C27H33F3N2. The number of halogens is 3. The maximum absolute atomic E-state index is 13.1. The molecule has 1 aliphatic carbocycles. The Morgan fingerprint density at radius 1 is 0.906 bits per heavy atom. The summed E-state index contributed by atoms with van der Waals surface area (Å²) in [6.45, 7) is 1.80. The number of hydrogen-bond acceptors (Lipinski definition) is 2. The van der Waals surface area contributed by atoms with E-state index in [-0.39, 0.29) is 5.92 Å². The fourth-order valence-electron chi connectivity index (χ4n) is 5.05. The van der Waals surface area contributed by atoms with Gasteiger partial charge in [0.25, 0.3) is 0 Å². The van der Waals surface area contributed by atoms with Crippen molar-refractivity contribution in [2.75, 3.05) is 20.1 Å². The molecule has 0 N–H and O–H groups in total. The van der Waals surface area contributed by atoms with Crippen molar-refractivity contribution in [2.45, 2.75) is 63.0 Å². The largest absolute Gasteiger partial charge is 0.416 e. The Kier molecular flexibility index (Phi) is 8.37. The number of alkyl halides is 3. The molecule has 1 saturated carbocycles. The molecule has 1 atom stereocenters. The number of benzene rings is 2. The maximum atomic E-state index is 13.1. The summed E-state index contributed by atoms with van der Waals surface area (Å²) in [5.41, 5.74) is 0.673. The van der Waals surface area contributed by atoms with E-state index in [9.17, 15) is 18.4 Å². The summed E-state index contributed by atoms with van der Waals surface area (Å²) < 4.78 is 39.2. The molecule has 1 aliphatic rings. The molecule has 0 radical (unpaired) electrons. The molecule has 32 heavy (non-hydrogen) atoms. The number of nitrogens with zero attached hydrogens (tertiary/aromatic N) is 2. The highest BCUT2D eigenvalue weighted by molar-refractivity contribution is 5.37. The molecule has 2 aromatic carbocycles. The number of rotatable bonds is 9. The highest BCUT2D eigenvalue weighted by Crippen LogP contribution is 2.44. The van der Waals surface area contributed by atoms with Crippen molar-refractivity contribution < 1.29 is 13.2 Å². The zero-order chi connectivity index (χ0) is 23.0. The first-order valence-corrected chi connectivity index (χ1v) is 11.7. The molecule has 0 saturated heterocycles. The molecule has 2 aromatic rings. The molecule has 172 valence electrons. The molecule has 0 spiro atoms. The second-order valence-corrected chi connectivity index (χ2v) is 9.14. The topological polar surface area (TPSA) is 27.0 Å². The standard InChI is InChI=1S/C27H33F3N2/c1-32(20-17-22-9-4-2-5-10-22)19-8-18-26(21-31,23-11-6-3-7-12-23)24-13-15-25(16-14-24)27(28,29)30/h2,4-5,9-10,13-16,23H,3,6-8,11-12,17-20H2,1H3. The van der Waals surface area contributed by atoms with E-state index in [2.05, 4.69) is 30.1 Å². The molecule has 5 heteroatoms. The summed E-state index contributed by atoms with van der Waals surface area (Å²) in [6.07, 6.45) is 3.43. The third-order valence-corrected chi connectivity index (χ3v) is 6.96. The summed E-state index contributed by atoms with van der Waals surface area (Å²) in [5.74, 6) is 0.201. The van der Waals surface area contributed by atoms with Crippen LogP contribution in [0.1, 0.15) is 61.6 Å². The van der Waals surface area contributed by atoms with Crippen LogP contribution in [0.15, 0.2) is 54.6 Å². The molecule has 1 fully saturated rings. The number of nitriles is 1. The molecule has 3 rings (SSSR count). The predicted molar refractivity (Wildman–Crippen MR) is 122 cm³/mol. The van der Waals surface area contributed by atoms with Crippen LogP contribution < -0.4 is 0 Å². The summed E-state index contributed by atoms with van der Waals surface area (Å²) >= 11 is 0. The van der Waals surface area contributed by atoms with Gasteiger partial charge in [0.05, 0.1) is 17.0 Å². The predicted octanol–water partition coefficient (Wildman–Crippen LogP) is 7.00. The third-order valence-electron chi connectivity index (χ3n) is 6.96. The van der Waals surface area contributed by atoms with E-state index in [0.717, 1.165) is 69.3 Å². The Hall–Kier alpha value is -2.32. The molecule has 0 amide bonds. The first-order valence-electron chi connectivity index (χ1n) is 11.7.